The molecule has 7 nitrogen and oxygen atoms in total. The molecule has 0 unspecified atom stereocenters. The zero-order valence-corrected chi connectivity index (χ0v) is 24.3. The minimum Gasteiger partial charge on any atom is -0.354 e. The minimum atomic E-state index is -3.68. The van der Waals surface area contributed by atoms with Gasteiger partial charge < -0.3 is 10.2 Å². The number of carbonyl (C=O) groups is 2. The average Bonchev–Trinajstić information content (AvgIpc) is 2.93. The van der Waals surface area contributed by atoms with Gasteiger partial charge in [0.05, 0.1) is 11.9 Å². The maximum Gasteiger partial charge on any atom is 0.243 e. The van der Waals surface area contributed by atoms with Crippen LogP contribution in [0.2, 0.25) is 5.02 Å². The van der Waals surface area contributed by atoms with E-state index in [1.54, 1.807) is 12.1 Å². The van der Waals surface area contributed by atoms with E-state index in [-0.39, 0.29) is 37.7 Å². The monoisotopic (exact) mass is 587 g/mol. The van der Waals surface area contributed by atoms with Gasteiger partial charge in [0.2, 0.25) is 21.8 Å². The number of anilines is 1. The Morgan fingerprint density at radius 1 is 0.975 bits per heavy atom. The molecule has 40 heavy (non-hydrogen) atoms. The Bertz CT molecular complexity index is 1370. The Morgan fingerprint density at radius 3 is 2.25 bits per heavy atom. The molecule has 0 spiro atoms. The second-order valence-electron chi connectivity index (χ2n) is 9.52. The van der Waals surface area contributed by atoms with Crippen molar-refractivity contribution in [2.75, 3.05) is 23.7 Å². The normalized spacial score (nSPS) is 12.0. The van der Waals surface area contributed by atoms with Gasteiger partial charge in [-0.3, -0.25) is 13.9 Å². The highest BCUT2D eigenvalue weighted by atomic mass is 35.5. The fourth-order valence-corrected chi connectivity index (χ4v) is 5.50. The van der Waals surface area contributed by atoms with Gasteiger partial charge >= 0.3 is 0 Å². The number of halogens is 2. The van der Waals surface area contributed by atoms with E-state index in [2.05, 4.69) is 5.32 Å². The van der Waals surface area contributed by atoms with Crippen LogP contribution in [0.4, 0.5) is 10.1 Å². The number of hydrogen-bond acceptors (Lipinski definition) is 4. The summed E-state index contributed by atoms with van der Waals surface area (Å²) in [6, 6.07) is 21.0. The summed E-state index contributed by atoms with van der Waals surface area (Å²) in [6.45, 7) is 2.55. The van der Waals surface area contributed by atoms with Crippen molar-refractivity contribution < 1.29 is 22.4 Å². The predicted octanol–water partition coefficient (Wildman–Crippen LogP) is 5.19. The van der Waals surface area contributed by atoms with E-state index in [1.807, 2.05) is 49.4 Å². The molecule has 0 saturated carbocycles. The van der Waals surface area contributed by atoms with Crippen molar-refractivity contribution in [2.24, 2.45) is 0 Å². The molecular formula is C30H35ClFN3O4S. The topological polar surface area (TPSA) is 86.8 Å². The first kappa shape index (κ1) is 31.1. The number of sulfonamides is 1. The van der Waals surface area contributed by atoms with Gasteiger partial charge in [0.25, 0.3) is 0 Å². The van der Waals surface area contributed by atoms with Gasteiger partial charge in [-0.25, -0.2) is 12.8 Å². The van der Waals surface area contributed by atoms with Crippen LogP contribution in [-0.4, -0.2) is 50.5 Å². The largest absolute Gasteiger partial charge is 0.354 e. The maximum absolute atomic E-state index is 13.8. The van der Waals surface area contributed by atoms with Crippen LogP contribution in [0, 0.1) is 5.82 Å². The zero-order chi connectivity index (χ0) is 29.1. The third-order valence-corrected chi connectivity index (χ3v) is 7.95. The quantitative estimate of drug-likeness (QED) is 0.281. The second kappa shape index (κ2) is 14.8. The molecule has 0 aliphatic heterocycles. The van der Waals surface area contributed by atoms with Crippen LogP contribution in [0.3, 0.4) is 0 Å². The minimum absolute atomic E-state index is 0.00991. The van der Waals surface area contributed by atoms with E-state index in [1.165, 1.54) is 29.2 Å². The van der Waals surface area contributed by atoms with Crippen LogP contribution in [0.5, 0.6) is 0 Å². The highest BCUT2D eigenvalue weighted by molar-refractivity contribution is 7.92. The lowest BCUT2D eigenvalue weighted by Crippen LogP contribution is -2.50. The van der Waals surface area contributed by atoms with Crippen LogP contribution >= 0.6 is 11.6 Å². The lowest BCUT2D eigenvalue weighted by molar-refractivity contribution is -0.141. The summed E-state index contributed by atoms with van der Waals surface area (Å²) in [5, 5.41) is 3.40. The Balaban J connectivity index is 1.87. The zero-order valence-electron chi connectivity index (χ0n) is 22.7. The maximum atomic E-state index is 13.8. The van der Waals surface area contributed by atoms with Gasteiger partial charge in [0, 0.05) is 37.5 Å². The van der Waals surface area contributed by atoms with E-state index in [9.17, 15) is 22.4 Å². The molecule has 3 rings (SSSR count). The van der Waals surface area contributed by atoms with Gasteiger partial charge in [-0.15, -0.1) is 0 Å². The van der Waals surface area contributed by atoms with Gasteiger partial charge in [0.15, 0.2) is 0 Å². The molecule has 3 aromatic carbocycles. The molecule has 0 aromatic heterocycles. The molecule has 1 atom stereocenters. The Labute approximate surface area is 241 Å². The van der Waals surface area contributed by atoms with Crippen molar-refractivity contribution in [3.05, 3.63) is 101 Å². The molecule has 0 bridgehead atoms. The standard InChI is InChI=1S/C30H35ClFN3O4S/c1-3-19-33-30(37)28(21-23-10-5-4-6-11-23)34(22-24-12-7-8-13-27(24)31)29(36)14-9-20-35(40(2,38)39)26-17-15-25(32)16-18-26/h4-8,10-13,15-18,28H,3,9,14,19-22H2,1-2H3,(H,33,37)/t28-/m0/s1. The van der Waals surface area contributed by atoms with Crippen molar-refractivity contribution in [3.8, 4) is 0 Å². The lowest BCUT2D eigenvalue weighted by atomic mass is 10.0. The van der Waals surface area contributed by atoms with Crippen molar-refractivity contribution in [3.63, 3.8) is 0 Å². The van der Waals surface area contributed by atoms with Crippen LogP contribution < -0.4 is 9.62 Å². The van der Waals surface area contributed by atoms with E-state index >= 15 is 0 Å². The van der Waals surface area contributed by atoms with Gasteiger partial charge in [-0.2, -0.15) is 0 Å². The number of hydrogen-bond donors (Lipinski definition) is 1. The molecule has 0 saturated heterocycles. The third kappa shape index (κ3) is 9.06. The molecule has 0 aliphatic rings. The smallest absolute Gasteiger partial charge is 0.243 e. The first-order valence-corrected chi connectivity index (χ1v) is 15.4. The fraction of sp³-hybridized carbons (Fsp3) is 0.333. The number of amides is 2. The summed E-state index contributed by atoms with van der Waals surface area (Å²) in [4.78, 5) is 28.7. The van der Waals surface area contributed by atoms with Crippen LogP contribution in [0.1, 0.15) is 37.3 Å². The van der Waals surface area contributed by atoms with Crippen LogP contribution in [-0.2, 0) is 32.6 Å². The summed E-state index contributed by atoms with van der Waals surface area (Å²) in [5.74, 6) is -1.05. The first-order chi connectivity index (χ1) is 19.1. The second-order valence-corrected chi connectivity index (χ2v) is 11.8. The summed E-state index contributed by atoms with van der Waals surface area (Å²) in [6.07, 6.45) is 2.29. The van der Waals surface area contributed by atoms with Crippen LogP contribution in [0.15, 0.2) is 78.9 Å². The van der Waals surface area contributed by atoms with Gasteiger partial charge in [-0.1, -0.05) is 67.1 Å². The summed E-state index contributed by atoms with van der Waals surface area (Å²) in [7, 11) is -3.68. The molecule has 2 amide bonds. The third-order valence-electron chi connectivity index (χ3n) is 6.39. The average molecular weight is 588 g/mol. The van der Waals surface area contributed by atoms with E-state index in [0.29, 0.717) is 29.2 Å². The van der Waals surface area contributed by atoms with Crippen molar-refractivity contribution in [1.82, 2.24) is 10.2 Å². The number of nitrogens with zero attached hydrogens (tertiary/aromatic N) is 2. The van der Waals surface area contributed by atoms with Crippen LogP contribution in [0.25, 0.3) is 0 Å². The highest BCUT2D eigenvalue weighted by Crippen LogP contribution is 2.23. The SMILES string of the molecule is CCCNC(=O)[C@H](Cc1ccccc1)N(Cc1ccccc1Cl)C(=O)CCCN(c1ccc(F)cc1)S(C)(=O)=O. The number of benzene rings is 3. The van der Waals surface area contributed by atoms with Crippen molar-refractivity contribution >= 4 is 39.1 Å². The van der Waals surface area contributed by atoms with Crippen molar-refractivity contribution in [1.29, 1.82) is 0 Å². The number of nitrogens with one attached hydrogen (secondary N) is 1. The highest BCUT2D eigenvalue weighted by Gasteiger charge is 2.30. The fourth-order valence-electron chi connectivity index (χ4n) is 4.34. The number of carbonyl (C=O) groups excluding carboxylic acids is 2. The molecular weight excluding hydrogens is 553 g/mol. The van der Waals surface area contributed by atoms with Crippen molar-refractivity contribution in [2.45, 2.75) is 45.2 Å². The molecule has 1 N–H and O–H groups in total. The Hall–Kier alpha value is -3.43. The van der Waals surface area contributed by atoms with E-state index < -0.39 is 21.9 Å². The Morgan fingerprint density at radius 2 is 1.62 bits per heavy atom. The summed E-state index contributed by atoms with van der Waals surface area (Å²) >= 11 is 6.44. The van der Waals surface area contributed by atoms with E-state index in [4.69, 9.17) is 11.6 Å². The molecule has 0 aliphatic carbocycles. The lowest BCUT2D eigenvalue weighted by Gasteiger charge is -2.32. The Kier molecular flexibility index (Phi) is 11.5. The van der Waals surface area contributed by atoms with Gasteiger partial charge in [0.1, 0.15) is 11.9 Å². The molecule has 10 heteroatoms. The van der Waals surface area contributed by atoms with E-state index in [0.717, 1.165) is 22.5 Å². The summed E-state index contributed by atoms with van der Waals surface area (Å²) < 4.78 is 39.5. The van der Waals surface area contributed by atoms with Gasteiger partial charge in [-0.05, 0) is 54.3 Å². The molecule has 3 aromatic rings. The summed E-state index contributed by atoms with van der Waals surface area (Å²) in [5.41, 5.74) is 1.91. The predicted molar refractivity (Wildman–Crippen MR) is 157 cm³/mol. The molecule has 0 radical (unpaired) electrons. The molecule has 0 fully saturated rings. The molecule has 214 valence electrons. The first-order valence-electron chi connectivity index (χ1n) is 13.2. The number of rotatable bonds is 14. The molecule has 0 heterocycles.